The Morgan fingerprint density at radius 3 is 2.47 bits per heavy atom. The summed E-state index contributed by atoms with van der Waals surface area (Å²) < 4.78 is 5.44. The van der Waals surface area contributed by atoms with Gasteiger partial charge in [-0.3, -0.25) is 0 Å². The first-order valence-electron chi connectivity index (χ1n) is 6.23. The minimum Gasteiger partial charge on any atom is -0.381 e. The second-order valence-corrected chi connectivity index (χ2v) is 6.19. The van der Waals surface area contributed by atoms with Gasteiger partial charge in [-0.15, -0.1) is 0 Å². The first kappa shape index (κ1) is 14.7. The molecule has 2 rings (SSSR count). The number of rotatable bonds is 4. The molecule has 2 N–H and O–H groups in total. The van der Waals surface area contributed by atoms with Gasteiger partial charge in [-0.05, 0) is 12.5 Å². The van der Waals surface area contributed by atoms with Gasteiger partial charge in [-0.25, -0.2) is 4.98 Å². The van der Waals surface area contributed by atoms with Crippen LogP contribution in [-0.2, 0) is 4.74 Å². The van der Waals surface area contributed by atoms with Crippen molar-refractivity contribution in [3.8, 4) is 0 Å². The first-order valence-corrected chi connectivity index (χ1v) is 6.98. The number of nitrogens with zero attached hydrogens (tertiary/aromatic N) is 1. The van der Waals surface area contributed by atoms with Crippen LogP contribution < -0.4 is 10.6 Å². The van der Waals surface area contributed by atoms with Crippen LogP contribution >= 0.6 is 23.2 Å². The van der Waals surface area contributed by atoms with Crippen LogP contribution in [-0.4, -0.2) is 31.3 Å². The molecule has 2 unspecified atom stereocenters. The Bertz CT molecular complexity index is 479. The van der Waals surface area contributed by atoms with Crippen molar-refractivity contribution in [1.29, 1.82) is 0 Å². The molecule has 1 heterocycles. The summed E-state index contributed by atoms with van der Waals surface area (Å²) in [5.74, 6) is 1.28. The second kappa shape index (κ2) is 5.35. The van der Waals surface area contributed by atoms with E-state index < -0.39 is 0 Å². The molecule has 1 aliphatic carbocycles. The molecule has 106 valence electrons. The van der Waals surface area contributed by atoms with Crippen molar-refractivity contribution in [1.82, 2.24) is 4.98 Å². The second-order valence-electron chi connectivity index (χ2n) is 5.38. The van der Waals surface area contributed by atoms with Crippen molar-refractivity contribution in [2.24, 2.45) is 5.41 Å². The normalized spacial score (nSPS) is 24.7. The monoisotopic (exact) mass is 303 g/mol. The van der Waals surface area contributed by atoms with Gasteiger partial charge < -0.3 is 15.4 Å². The van der Waals surface area contributed by atoms with E-state index in [9.17, 15) is 0 Å². The van der Waals surface area contributed by atoms with Crippen LogP contribution in [0, 0.1) is 5.41 Å². The summed E-state index contributed by atoms with van der Waals surface area (Å²) >= 11 is 12.2. The van der Waals surface area contributed by atoms with Gasteiger partial charge in [0.15, 0.2) is 0 Å². The minimum atomic E-state index is 0.0548. The predicted octanol–water partition coefficient (Wildman–Crippen LogP) is 3.66. The molecule has 6 heteroatoms. The molecule has 19 heavy (non-hydrogen) atoms. The molecule has 1 saturated carbocycles. The summed E-state index contributed by atoms with van der Waals surface area (Å²) in [5, 5.41) is 7.37. The number of hydrogen-bond donors (Lipinski definition) is 2. The van der Waals surface area contributed by atoms with Gasteiger partial charge in [0.25, 0.3) is 0 Å². The lowest BCUT2D eigenvalue weighted by Gasteiger charge is -2.51. The topological polar surface area (TPSA) is 46.2 Å². The highest BCUT2D eigenvalue weighted by molar-refractivity contribution is 6.37. The highest BCUT2D eigenvalue weighted by atomic mass is 35.5. The fraction of sp³-hybridized carbons (Fsp3) is 0.615. The van der Waals surface area contributed by atoms with E-state index in [2.05, 4.69) is 29.5 Å². The van der Waals surface area contributed by atoms with Gasteiger partial charge in [-0.2, -0.15) is 0 Å². The zero-order valence-corrected chi connectivity index (χ0v) is 13.1. The number of hydrogen-bond acceptors (Lipinski definition) is 4. The van der Waals surface area contributed by atoms with Crippen molar-refractivity contribution >= 4 is 34.8 Å². The van der Waals surface area contributed by atoms with E-state index in [1.165, 1.54) is 0 Å². The molecule has 4 nitrogen and oxygen atoms in total. The molecule has 2 atom stereocenters. The van der Waals surface area contributed by atoms with Gasteiger partial charge in [0.05, 0.1) is 16.1 Å². The van der Waals surface area contributed by atoms with E-state index in [1.807, 2.05) is 0 Å². The molecule has 0 radical (unpaired) electrons. The standard InChI is InChI=1S/C13H19Cl2N3O/c1-13(2)9(6-10(13)19-4)17-12-8(15)5-7(14)11(16-3)18-12/h5,9-10H,6H2,1-4H3,(H2,16,17,18). The number of anilines is 2. The maximum atomic E-state index is 6.18. The van der Waals surface area contributed by atoms with Crippen LogP contribution in [0.15, 0.2) is 6.07 Å². The lowest BCUT2D eigenvalue weighted by atomic mass is 9.64. The smallest absolute Gasteiger partial charge is 0.147 e. The average molecular weight is 304 g/mol. The van der Waals surface area contributed by atoms with E-state index in [0.29, 0.717) is 21.7 Å². The Balaban J connectivity index is 2.17. The third-order valence-corrected chi connectivity index (χ3v) is 4.52. The molecule has 1 aromatic rings. The Morgan fingerprint density at radius 1 is 1.32 bits per heavy atom. The SMILES string of the molecule is CNc1nc(NC2CC(OC)C2(C)C)c(Cl)cc1Cl. The maximum absolute atomic E-state index is 6.18. The largest absolute Gasteiger partial charge is 0.381 e. The number of aromatic nitrogens is 1. The van der Waals surface area contributed by atoms with Gasteiger partial charge in [0.1, 0.15) is 11.6 Å². The van der Waals surface area contributed by atoms with E-state index >= 15 is 0 Å². The van der Waals surface area contributed by atoms with Crippen LogP contribution in [0.3, 0.4) is 0 Å². The summed E-state index contributed by atoms with van der Waals surface area (Å²) in [7, 11) is 3.52. The lowest BCUT2D eigenvalue weighted by molar-refractivity contribution is -0.0795. The van der Waals surface area contributed by atoms with Crippen LogP contribution in [0.1, 0.15) is 20.3 Å². The van der Waals surface area contributed by atoms with Crippen molar-refractivity contribution in [3.63, 3.8) is 0 Å². The van der Waals surface area contributed by atoms with Gasteiger partial charge in [0, 0.05) is 25.6 Å². The quantitative estimate of drug-likeness (QED) is 0.891. The molecule has 0 bridgehead atoms. The Morgan fingerprint density at radius 2 is 1.95 bits per heavy atom. The van der Waals surface area contributed by atoms with E-state index in [1.54, 1.807) is 20.2 Å². The molecule has 0 aliphatic heterocycles. The maximum Gasteiger partial charge on any atom is 0.147 e. The summed E-state index contributed by atoms with van der Waals surface area (Å²) in [6.07, 6.45) is 1.21. The molecule has 0 amide bonds. The van der Waals surface area contributed by atoms with Crippen molar-refractivity contribution in [2.75, 3.05) is 24.8 Å². The molecule has 1 aliphatic rings. The van der Waals surface area contributed by atoms with Crippen LogP contribution in [0.5, 0.6) is 0 Å². The number of halogens is 2. The Hall–Kier alpha value is -0.710. The zero-order chi connectivity index (χ0) is 14.2. The summed E-state index contributed by atoms with van der Waals surface area (Å²) in [6, 6.07) is 1.98. The molecule has 0 spiro atoms. The highest BCUT2D eigenvalue weighted by Crippen LogP contribution is 2.44. The van der Waals surface area contributed by atoms with Crippen LogP contribution in [0.25, 0.3) is 0 Å². The molecular weight excluding hydrogens is 285 g/mol. The number of nitrogens with one attached hydrogen (secondary N) is 2. The number of ether oxygens (including phenoxy) is 1. The number of methoxy groups -OCH3 is 1. The van der Waals surface area contributed by atoms with Gasteiger partial charge in [-0.1, -0.05) is 37.0 Å². The number of pyridine rings is 1. The fourth-order valence-electron chi connectivity index (χ4n) is 2.44. The molecule has 0 aromatic carbocycles. The van der Waals surface area contributed by atoms with Crippen molar-refractivity contribution in [2.45, 2.75) is 32.4 Å². The summed E-state index contributed by atoms with van der Waals surface area (Å²) in [6.45, 7) is 4.34. The minimum absolute atomic E-state index is 0.0548. The average Bonchev–Trinajstić information content (AvgIpc) is 2.36. The van der Waals surface area contributed by atoms with Gasteiger partial charge in [0.2, 0.25) is 0 Å². The first-order chi connectivity index (χ1) is 8.90. The third-order valence-electron chi connectivity index (χ3n) is 3.94. The van der Waals surface area contributed by atoms with Crippen molar-refractivity contribution in [3.05, 3.63) is 16.1 Å². The lowest BCUT2D eigenvalue weighted by Crippen LogP contribution is -2.57. The molecule has 0 saturated heterocycles. The summed E-state index contributed by atoms with van der Waals surface area (Å²) in [4.78, 5) is 4.40. The van der Waals surface area contributed by atoms with Gasteiger partial charge >= 0.3 is 0 Å². The molecular formula is C13H19Cl2N3O. The molecule has 1 fully saturated rings. The molecule has 1 aromatic heterocycles. The fourth-order valence-corrected chi connectivity index (χ4v) is 2.95. The van der Waals surface area contributed by atoms with E-state index in [-0.39, 0.29) is 17.6 Å². The Labute approximate surface area is 123 Å². The zero-order valence-electron chi connectivity index (χ0n) is 11.6. The summed E-state index contributed by atoms with van der Waals surface area (Å²) in [5.41, 5.74) is 0.0548. The van der Waals surface area contributed by atoms with Crippen LogP contribution in [0.4, 0.5) is 11.6 Å². The van der Waals surface area contributed by atoms with Crippen LogP contribution in [0.2, 0.25) is 10.0 Å². The van der Waals surface area contributed by atoms with Crippen molar-refractivity contribution < 1.29 is 4.74 Å². The highest BCUT2D eigenvalue weighted by Gasteiger charge is 2.48. The Kier molecular flexibility index (Phi) is 4.14. The van der Waals surface area contributed by atoms with E-state index in [0.717, 1.165) is 6.42 Å². The predicted molar refractivity (Wildman–Crippen MR) is 80.4 cm³/mol. The third kappa shape index (κ3) is 2.62. The van der Waals surface area contributed by atoms with E-state index in [4.69, 9.17) is 27.9 Å².